The van der Waals surface area contributed by atoms with Crippen molar-refractivity contribution in [2.75, 3.05) is 19.5 Å². The van der Waals surface area contributed by atoms with E-state index in [4.69, 9.17) is 14.2 Å². The first kappa shape index (κ1) is 21.8. The van der Waals surface area contributed by atoms with Crippen LogP contribution in [0.5, 0.6) is 23.1 Å². The van der Waals surface area contributed by atoms with E-state index < -0.39 is 0 Å². The first-order valence-electron chi connectivity index (χ1n) is 10.1. The van der Waals surface area contributed by atoms with E-state index in [0.29, 0.717) is 40.2 Å². The van der Waals surface area contributed by atoms with Gasteiger partial charge in [0.05, 0.1) is 19.9 Å². The number of aromatic nitrogens is 4. The fraction of sp³-hybridized carbons (Fsp3) is 0.167. The molecule has 0 radical (unpaired) electrons. The van der Waals surface area contributed by atoms with Crippen molar-refractivity contribution < 1.29 is 19.0 Å². The first-order valence-corrected chi connectivity index (χ1v) is 10.1. The Morgan fingerprint density at radius 1 is 0.879 bits per heavy atom. The molecule has 2 aromatic carbocycles. The van der Waals surface area contributed by atoms with Crippen molar-refractivity contribution in [2.45, 2.75) is 13.8 Å². The van der Waals surface area contributed by atoms with Gasteiger partial charge in [0.15, 0.2) is 0 Å². The van der Waals surface area contributed by atoms with E-state index in [2.05, 4.69) is 20.3 Å². The highest BCUT2D eigenvalue weighted by Gasteiger charge is 2.11. The van der Waals surface area contributed by atoms with Crippen LogP contribution in [0.3, 0.4) is 0 Å². The minimum Gasteiger partial charge on any atom is -0.497 e. The average Bonchev–Trinajstić information content (AvgIpc) is 3.18. The van der Waals surface area contributed by atoms with Crippen LogP contribution in [0.4, 0.5) is 5.69 Å². The fourth-order valence-corrected chi connectivity index (χ4v) is 3.12. The monoisotopic (exact) mass is 445 g/mol. The lowest BCUT2D eigenvalue weighted by Gasteiger charge is -2.10. The molecule has 9 heteroatoms. The van der Waals surface area contributed by atoms with Gasteiger partial charge in [-0.2, -0.15) is 0 Å². The molecule has 0 saturated carbocycles. The predicted molar refractivity (Wildman–Crippen MR) is 123 cm³/mol. The van der Waals surface area contributed by atoms with Crippen molar-refractivity contribution in [1.82, 2.24) is 19.5 Å². The largest absolute Gasteiger partial charge is 0.497 e. The second-order valence-corrected chi connectivity index (χ2v) is 7.18. The molecule has 0 bridgehead atoms. The average molecular weight is 445 g/mol. The third-order valence-electron chi connectivity index (χ3n) is 5.07. The summed E-state index contributed by atoms with van der Waals surface area (Å²) < 4.78 is 18.2. The summed E-state index contributed by atoms with van der Waals surface area (Å²) in [5.41, 5.74) is 2.96. The molecule has 168 valence electrons. The Morgan fingerprint density at radius 2 is 1.58 bits per heavy atom. The summed E-state index contributed by atoms with van der Waals surface area (Å²) >= 11 is 0. The third kappa shape index (κ3) is 4.93. The lowest BCUT2D eigenvalue weighted by atomic mass is 10.1. The second kappa shape index (κ2) is 9.39. The van der Waals surface area contributed by atoms with Crippen molar-refractivity contribution in [3.63, 3.8) is 0 Å². The number of carbonyl (C=O) groups is 1. The molecule has 9 nitrogen and oxygen atoms in total. The Balaban J connectivity index is 1.45. The molecule has 0 unspecified atom stereocenters. The molecular weight excluding hydrogens is 422 g/mol. The van der Waals surface area contributed by atoms with E-state index in [1.807, 2.05) is 18.4 Å². The molecule has 0 aliphatic carbocycles. The maximum absolute atomic E-state index is 12.6. The van der Waals surface area contributed by atoms with Crippen molar-refractivity contribution in [3.05, 3.63) is 78.1 Å². The number of imidazole rings is 1. The minimum atomic E-state index is -0.285. The zero-order chi connectivity index (χ0) is 23.4. The van der Waals surface area contributed by atoms with Gasteiger partial charge in [-0.25, -0.2) is 15.0 Å². The Morgan fingerprint density at radius 3 is 2.18 bits per heavy atom. The Labute approximate surface area is 191 Å². The van der Waals surface area contributed by atoms with Gasteiger partial charge in [0.25, 0.3) is 5.91 Å². The highest BCUT2D eigenvalue weighted by Crippen LogP contribution is 2.25. The summed E-state index contributed by atoms with van der Waals surface area (Å²) in [5, 5.41) is 2.85. The van der Waals surface area contributed by atoms with Gasteiger partial charge in [0.2, 0.25) is 5.88 Å². The molecule has 33 heavy (non-hydrogen) atoms. The molecule has 0 atom stereocenters. The smallest absolute Gasteiger partial charge is 0.255 e. The molecule has 0 saturated heterocycles. The summed E-state index contributed by atoms with van der Waals surface area (Å²) in [6, 6.07) is 13.7. The molecule has 4 aromatic rings. The van der Waals surface area contributed by atoms with Crippen LogP contribution in [0.1, 0.15) is 21.7 Å². The molecule has 0 aliphatic rings. The number of ether oxygens (including phenoxy) is 3. The number of aryl methyl sites for hydroxylation is 1. The number of rotatable bonds is 7. The minimum absolute atomic E-state index is 0.285. The predicted octanol–water partition coefficient (Wildman–Crippen LogP) is 4.34. The van der Waals surface area contributed by atoms with Crippen molar-refractivity contribution in [1.29, 1.82) is 0 Å². The number of benzene rings is 2. The number of nitrogens with one attached hydrogen (secondary N) is 1. The van der Waals surface area contributed by atoms with Gasteiger partial charge in [0.1, 0.15) is 35.7 Å². The maximum atomic E-state index is 12.6. The number of amides is 1. The Kier molecular flexibility index (Phi) is 6.21. The third-order valence-corrected chi connectivity index (χ3v) is 5.07. The van der Waals surface area contributed by atoms with Crippen molar-refractivity contribution >= 4 is 11.6 Å². The quantitative estimate of drug-likeness (QED) is 0.452. The molecule has 0 fully saturated rings. The van der Waals surface area contributed by atoms with Crippen LogP contribution in [-0.4, -0.2) is 39.6 Å². The topological polar surface area (TPSA) is 100 Å². The van der Waals surface area contributed by atoms with Gasteiger partial charge in [-0.3, -0.25) is 9.36 Å². The van der Waals surface area contributed by atoms with E-state index in [-0.39, 0.29) is 5.91 Å². The summed E-state index contributed by atoms with van der Waals surface area (Å²) in [5.74, 6) is 2.41. The van der Waals surface area contributed by atoms with E-state index in [9.17, 15) is 4.79 Å². The number of methoxy groups -OCH3 is 2. The van der Waals surface area contributed by atoms with E-state index in [0.717, 1.165) is 11.4 Å². The normalized spacial score (nSPS) is 10.5. The fourth-order valence-electron chi connectivity index (χ4n) is 3.12. The van der Waals surface area contributed by atoms with Crippen LogP contribution in [0.2, 0.25) is 0 Å². The lowest BCUT2D eigenvalue weighted by Crippen LogP contribution is -2.12. The van der Waals surface area contributed by atoms with Crippen LogP contribution in [0.25, 0.3) is 5.82 Å². The van der Waals surface area contributed by atoms with Crippen molar-refractivity contribution in [3.8, 4) is 28.9 Å². The zero-order valence-electron chi connectivity index (χ0n) is 18.7. The van der Waals surface area contributed by atoms with Gasteiger partial charge in [0, 0.05) is 29.1 Å². The van der Waals surface area contributed by atoms with Gasteiger partial charge in [-0.1, -0.05) is 0 Å². The van der Waals surface area contributed by atoms with E-state index in [1.165, 1.54) is 20.5 Å². The lowest BCUT2D eigenvalue weighted by molar-refractivity contribution is 0.102. The van der Waals surface area contributed by atoms with Gasteiger partial charge < -0.3 is 19.5 Å². The molecule has 4 rings (SSSR count). The number of nitrogens with zero attached hydrogens (tertiary/aromatic N) is 4. The van der Waals surface area contributed by atoms with E-state index >= 15 is 0 Å². The van der Waals surface area contributed by atoms with Crippen LogP contribution < -0.4 is 19.5 Å². The second-order valence-electron chi connectivity index (χ2n) is 7.18. The standard InChI is InChI=1S/C24H23N5O4/c1-15-16(2)29(14-27-15)22-12-23(26-13-25-22)33-19-7-5-18(6-8-19)28-24(30)17-9-20(31-3)11-21(10-17)32-4/h5-14H,1-4H3,(H,28,30). The van der Waals surface area contributed by atoms with Crippen LogP contribution in [-0.2, 0) is 0 Å². The van der Waals surface area contributed by atoms with Gasteiger partial charge in [-0.05, 0) is 50.2 Å². The summed E-state index contributed by atoms with van der Waals surface area (Å²) in [4.78, 5) is 25.4. The zero-order valence-corrected chi connectivity index (χ0v) is 18.7. The van der Waals surface area contributed by atoms with Crippen LogP contribution in [0, 0.1) is 13.8 Å². The maximum Gasteiger partial charge on any atom is 0.255 e. The summed E-state index contributed by atoms with van der Waals surface area (Å²) in [6.07, 6.45) is 3.16. The van der Waals surface area contributed by atoms with Gasteiger partial charge >= 0.3 is 0 Å². The van der Waals surface area contributed by atoms with E-state index in [1.54, 1.807) is 54.9 Å². The summed E-state index contributed by atoms with van der Waals surface area (Å²) in [7, 11) is 3.07. The van der Waals surface area contributed by atoms with Crippen LogP contribution >= 0.6 is 0 Å². The van der Waals surface area contributed by atoms with Crippen molar-refractivity contribution in [2.24, 2.45) is 0 Å². The molecule has 2 aromatic heterocycles. The SMILES string of the molecule is COc1cc(OC)cc(C(=O)Nc2ccc(Oc3cc(-n4cnc(C)c4C)ncn3)cc2)c1. The highest BCUT2D eigenvalue weighted by molar-refractivity contribution is 6.04. The first-order chi connectivity index (χ1) is 16.0. The van der Waals surface area contributed by atoms with Crippen LogP contribution in [0.15, 0.2) is 61.2 Å². The number of hydrogen-bond acceptors (Lipinski definition) is 7. The van der Waals surface area contributed by atoms with Gasteiger partial charge in [-0.15, -0.1) is 0 Å². The molecule has 1 amide bonds. The number of hydrogen-bond donors (Lipinski definition) is 1. The molecule has 2 heterocycles. The highest BCUT2D eigenvalue weighted by atomic mass is 16.5. The summed E-state index contributed by atoms with van der Waals surface area (Å²) in [6.45, 7) is 3.91. The molecular formula is C24H23N5O4. The number of carbonyl (C=O) groups excluding carboxylic acids is 1. The number of anilines is 1. The molecule has 1 N–H and O–H groups in total. The Bertz CT molecular complexity index is 1260. The molecule has 0 aliphatic heterocycles. The Hall–Kier alpha value is -4.40. The molecule has 0 spiro atoms.